The van der Waals surface area contributed by atoms with E-state index in [2.05, 4.69) is 21.8 Å². The van der Waals surface area contributed by atoms with Crippen molar-refractivity contribution in [3.63, 3.8) is 0 Å². The van der Waals surface area contributed by atoms with Crippen molar-refractivity contribution in [3.8, 4) is 17.1 Å². The predicted molar refractivity (Wildman–Crippen MR) is 73.9 cm³/mol. The Balaban J connectivity index is 2.25. The van der Waals surface area contributed by atoms with Gasteiger partial charge in [-0.3, -0.25) is 5.10 Å². The van der Waals surface area contributed by atoms with Gasteiger partial charge < -0.3 is 4.74 Å². The van der Waals surface area contributed by atoms with Crippen molar-refractivity contribution in [2.45, 2.75) is 12.1 Å². The summed E-state index contributed by atoms with van der Waals surface area (Å²) in [7, 11) is 0. The molecule has 0 aliphatic rings. The zero-order valence-corrected chi connectivity index (χ0v) is 11.0. The van der Waals surface area contributed by atoms with Crippen LogP contribution in [0.2, 0.25) is 0 Å². The molecule has 0 bridgehead atoms. The largest absolute Gasteiger partial charge is 0.493 e. The van der Waals surface area contributed by atoms with Crippen molar-refractivity contribution in [2.24, 2.45) is 0 Å². The molecule has 0 spiro atoms. The van der Waals surface area contributed by atoms with Crippen molar-refractivity contribution >= 4 is 11.8 Å². The highest BCUT2D eigenvalue weighted by molar-refractivity contribution is 7.99. The summed E-state index contributed by atoms with van der Waals surface area (Å²) < 4.78 is 5.57. The van der Waals surface area contributed by atoms with Gasteiger partial charge in [0.2, 0.25) is 5.16 Å². The van der Waals surface area contributed by atoms with Crippen LogP contribution in [0.1, 0.15) is 6.92 Å². The maximum absolute atomic E-state index is 5.57. The Hall–Kier alpha value is -1.75. The first-order valence-corrected chi connectivity index (χ1v) is 6.72. The van der Waals surface area contributed by atoms with Crippen LogP contribution in [0.3, 0.4) is 0 Å². The first kappa shape index (κ1) is 12.7. The van der Waals surface area contributed by atoms with E-state index >= 15 is 0 Å². The van der Waals surface area contributed by atoms with Gasteiger partial charge in [-0.2, -0.15) is 0 Å². The molecule has 1 aromatic carbocycles. The highest BCUT2D eigenvalue weighted by Crippen LogP contribution is 2.28. The van der Waals surface area contributed by atoms with Gasteiger partial charge in [0, 0.05) is 5.75 Å². The molecule has 1 N–H and O–H groups in total. The third kappa shape index (κ3) is 2.92. The van der Waals surface area contributed by atoms with Gasteiger partial charge >= 0.3 is 0 Å². The summed E-state index contributed by atoms with van der Waals surface area (Å²) >= 11 is 1.54. The molecular formula is C13H15N3OS. The van der Waals surface area contributed by atoms with Gasteiger partial charge in [-0.15, -0.1) is 11.7 Å². The molecule has 0 aliphatic heterocycles. The fourth-order valence-corrected chi connectivity index (χ4v) is 2.04. The van der Waals surface area contributed by atoms with E-state index in [-0.39, 0.29) is 0 Å². The van der Waals surface area contributed by atoms with Crippen LogP contribution in [0.15, 0.2) is 42.1 Å². The number of ether oxygens (including phenoxy) is 1. The molecule has 0 saturated carbocycles. The second-order valence-electron chi connectivity index (χ2n) is 3.50. The lowest BCUT2D eigenvalue weighted by molar-refractivity contribution is 0.341. The zero-order chi connectivity index (χ0) is 12.8. The molecule has 94 valence electrons. The van der Waals surface area contributed by atoms with Crippen molar-refractivity contribution in [1.82, 2.24) is 15.2 Å². The lowest BCUT2D eigenvalue weighted by Crippen LogP contribution is -1.94. The number of H-pyrrole nitrogens is 1. The highest BCUT2D eigenvalue weighted by atomic mass is 32.2. The Morgan fingerprint density at radius 1 is 1.44 bits per heavy atom. The van der Waals surface area contributed by atoms with Gasteiger partial charge in [0.05, 0.1) is 12.2 Å². The lowest BCUT2D eigenvalue weighted by atomic mass is 10.2. The number of nitrogens with one attached hydrogen (secondary N) is 1. The van der Waals surface area contributed by atoms with E-state index < -0.39 is 0 Å². The molecule has 0 saturated heterocycles. The SMILES string of the molecule is C=CCSc1n[nH]c(-c2ccccc2OCC)n1. The molecule has 1 heterocycles. The number of rotatable bonds is 6. The molecule has 5 heteroatoms. The fourth-order valence-electron chi connectivity index (χ4n) is 1.51. The van der Waals surface area contributed by atoms with E-state index in [0.717, 1.165) is 28.0 Å². The van der Waals surface area contributed by atoms with Gasteiger partial charge in [0.25, 0.3) is 0 Å². The van der Waals surface area contributed by atoms with E-state index in [0.29, 0.717) is 6.61 Å². The van der Waals surface area contributed by atoms with Gasteiger partial charge in [0.1, 0.15) is 5.75 Å². The molecule has 0 atom stereocenters. The van der Waals surface area contributed by atoms with E-state index in [1.54, 1.807) is 11.8 Å². The Morgan fingerprint density at radius 3 is 3.06 bits per heavy atom. The van der Waals surface area contributed by atoms with Crippen LogP contribution in [0.5, 0.6) is 5.75 Å². The second kappa shape index (κ2) is 6.26. The molecule has 2 rings (SSSR count). The van der Waals surface area contributed by atoms with E-state index in [1.807, 2.05) is 37.3 Å². The summed E-state index contributed by atoms with van der Waals surface area (Å²) in [5, 5.41) is 7.81. The number of thioether (sulfide) groups is 1. The van der Waals surface area contributed by atoms with Crippen LogP contribution in [-0.2, 0) is 0 Å². The maximum Gasteiger partial charge on any atom is 0.209 e. The van der Waals surface area contributed by atoms with E-state index in [4.69, 9.17) is 4.74 Å². The second-order valence-corrected chi connectivity index (χ2v) is 4.48. The molecular weight excluding hydrogens is 246 g/mol. The Bertz CT molecular complexity index is 524. The third-order valence-electron chi connectivity index (χ3n) is 2.24. The number of aromatic nitrogens is 3. The predicted octanol–water partition coefficient (Wildman–Crippen LogP) is 3.15. The van der Waals surface area contributed by atoms with E-state index in [1.165, 1.54) is 0 Å². The van der Waals surface area contributed by atoms with Gasteiger partial charge in [-0.1, -0.05) is 30.0 Å². The average Bonchev–Trinajstić information content (AvgIpc) is 2.86. The minimum atomic E-state index is 0.628. The topological polar surface area (TPSA) is 50.8 Å². The van der Waals surface area contributed by atoms with Gasteiger partial charge in [0.15, 0.2) is 5.82 Å². The molecule has 2 aromatic rings. The van der Waals surface area contributed by atoms with Gasteiger partial charge in [-0.25, -0.2) is 4.98 Å². The van der Waals surface area contributed by atoms with Crippen LogP contribution in [0, 0.1) is 0 Å². The van der Waals surface area contributed by atoms with Crippen molar-refractivity contribution in [2.75, 3.05) is 12.4 Å². The first-order chi connectivity index (χ1) is 8.85. The summed E-state index contributed by atoms with van der Waals surface area (Å²) in [6.45, 7) is 6.26. The number of para-hydroxylation sites is 1. The number of hydrogen-bond acceptors (Lipinski definition) is 4. The minimum absolute atomic E-state index is 0.628. The Labute approximate surface area is 110 Å². The first-order valence-electron chi connectivity index (χ1n) is 5.73. The summed E-state index contributed by atoms with van der Waals surface area (Å²) in [4.78, 5) is 4.43. The van der Waals surface area contributed by atoms with Crippen LogP contribution in [0.4, 0.5) is 0 Å². The molecule has 0 unspecified atom stereocenters. The number of benzene rings is 1. The quantitative estimate of drug-likeness (QED) is 0.641. The standard InChI is InChI=1S/C13H15N3OS/c1-3-9-18-13-14-12(15-16-13)10-7-5-6-8-11(10)17-4-2/h3,5-8H,1,4,9H2,2H3,(H,14,15,16). The normalized spacial score (nSPS) is 10.3. The molecule has 4 nitrogen and oxygen atoms in total. The maximum atomic E-state index is 5.57. The molecule has 18 heavy (non-hydrogen) atoms. The van der Waals surface area contributed by atoms with Crippen molar-refractivity contribution in [3.05, 3.63) is 36.9 Å². The monoisotopic (exact) mass is 261 g/mol. The molecule has 1 aromatic heterocycles. The summed E-state index contributed by atoms with van der Waals surface area (Å²) in [5.41, 5.74) is 0.928. The molecule has 0 aliphatic carbocycles. The van der Waals surface area contributed by atoms with Crippen molar-refractivity contribution in [1.29, 1.82) is 0 Å². The summed E-state index contributed by atoms with van der Waals surface area (Å²) in [6.07, 6.45) is 1.83. The zero-order valence-electron chi connectivity index (χ0n) is 10.2. The average molecular weight is 261 g/mol. The number of aromatic amines is 1. The fraction of sp³-hybridized carbons (Fsp3) is 0.231. The lowest BCUT2D eigenvalue weighted by Gasteiger charge is -2.06. The molecule has 0 radical (unpaired) electrons. The third-order valence-corrected chi connectivity index (χ3v) is 3.08. The summed E-state index contributed by atoms with van der Waals surface area (Å²) in [5.74, 6) is 2.34. The Kier molecular flexibility index (Phi) is 4.41. The highest BCUT2D eigenvalue weighted by Gasteiger charge is 2.10. The van der Waals surface area contributed by atoms with Crippen molar-refractivity contribution < 1.29 is 4.74 Å². The van der Waals surface area contributed by atoms with Crippen LogP contribution in [0.25, 0.3) is 11.4 Å². The van der Waals surface area contributed by atoms with Gasteiger partial charge in [-0.05, 0) is 19.1 Å². The molecule has 0 amide bonds. The van der Waals surface area contributed by atoms with Crippen LogP contribution < -0.4 is 4.74 Å². The summed E-state index contributed by atoms with van der Waals surface area (Å²) in [6, 6.07) is 7.79. The van der Waals surface area contributed by atoms with Crippen LogP contribution in [-0.4, -0.2) is 27.5 Å². The number of hydrogen-bond donors (Lipinski definition) is 1. The minimum Gasteiger partial charge on any atom is -0.493 e. The Morgan fingerprint density at radius 2 is 2.28 bits per heavy atom. The van der Waals surface area contributed by atoms with Crippen LogP contribution >= 0.6 is 11.8 Å². The smallest absolute Gasteiger partial charge is 0.209 e. The van der Waals surface area contributed by atoms with E-state index in [9.17, 15) is 0 Å². The molecule has 0 fully saturated rings. The number of nitrogens with zero attached hydrogens (tertiary/aromatic N) is 2.